The Morgan fingerprint density at radius 1 is 1.02 bits per heavy atom. The number of hydrogen-bond acceptors (Lipinski definition) is 8. The van der Waals surface area contributed by atoms with E-state index in [9.17, 15) is 14.4 Å². The van der Waals surface area contributed by atoms with Gasteiger partial charge in [-0.3, -0.25) is 19.3 Å². The smallest absolute Gasteiger partial charge is 0.253 e. The summed E-state index contributed by atoms with van der Waals surface area (Å²) in [5.41, 5.74) is 6.46. The third kappa shape index (κ3) is 6.22. The van der Waals surface area contributed by atoms with E-state index in [-0.39, 0.29) is 30.0 Å². The Labute approximate surface area is 318 Å². The Hall–Kier alpha value is -4.51. The van der Waals surface area contributed by atoms with Crippen LogP contribution in [0.15, 0.2) is 41.3 Å². The third-order valence-corrected chi connectivity index (χ3v) is 13.9. The summed E-state index contributed by atoms with van der Waals surface area (Å²) in [5, 5.41) is 17.7. The minimum Gasteiger partial charge on any atom is -0.382 e. The van der Waals surface area contributed by atoms with Crippen molar-refractivity contribution < 1.29 is 9.59 Å². The molecule has 2 atom stereocenters. The first-order valence-electron chi connectivity index (χ1n) is 20.1. The number of piperazine rings is 1. The van der Waals surface area contributed by atoms with Crippen LogP contribution >= 0.6 is 0 Å². The Kier molecular flexibility index (Phi) is 9.65. The van der Waals surface area contributed by atoms with Crippen molar-refractivity contribution in [2.45, 2.75) is 85.2 Å². The van der Waals surface area contributed by atoms with Gasteiger partial charge in [-0.05, 0) is 136 Å². The summed E-state index contributed by atoms with van der Waals surface area (Å²) in [6, 6.07) is 9.78. The van der Waals surface area contributed by atoms with Crippen LogP contribution in [0.5, 0.6) is 0 Å². The first kappa shape index (κ1) is 36.5. The molecule has 3 aromatic rings. The fraction of sp³-hybridized carbons (Fsp3) is 0.558. The number of aryl methyl sites for hydroxylation is 2. The summed E-state index contributed by atoms with van der Waals surface area (Å²) in [5.74, 6) is 3.89. The van der Waals surface area contributed by atoms with Crippen molar-refractivity contribution in [3.63, 3.8) is 0 Å². The molecule has 1 aromatic carbocycles. The lowest BCUT2D eigenvalue weighted by Gasteiger charge is -2.92. The number of hydrogen-bond donors (Lipinski definition) is 5. The zero-order valence-electron chi connectivity index (χ0n) is 32.3. The molecule has 4 aliphatic carbocycles. The highest BCUT2D eigenvalue weighted by atomic mass is 16.2. The lowest BCUT2D eigenvalue weighted by Crippen LogP contribution is -2.85. The molecule has 0 bridgehead atoms. The predicted octanol–water partition coefficient (Wildman–Crippen LogP) is 5.65. The van der Waals surface area contributed by atoms with E-state index in [1.54, 1.807) is 6.07 Å². The number of aromatic nitrogens is 2. The molecule has 0 radical (unpaired) electrons. The molecule has 2 aromatic heterocycles. The molecule has 8 rings (SSSR count). The molecular weight excluding hydrogens is 677 g/mol. The topological polar surface area (TPSA) is 146 Å². The molecular formula is C43H56N8O3. The van der Waals surface area contributed by atoms with Crippen LogP contribution in [0.3, 0.4) is 0 Å². The Bertz CT molecular complexity index is 1970. The number of benzene rings is 1. The van der Waals surface area contributed by atoms with Crippen molar-refractivity contribution >= 4 is 29.5 Å². The summed E-state index contributed by atoms with van der Waals surface area (Å²) in [6.45, 7) is 12.9. The van der Waals surface area contributed by atoms with Crippen molar-refractivity contribution in [1.29, 1.82) is 5.41 Å². The van der Waals surface area contributed by atoms with E-state index >= 15 is 0 Å². The largest absolute Gasteiger partial charge is 0.382 e. The Balaban J connectivity index is 0.832. The lowest BCUT2D eigenvalue weighted by atomic mass is 9.13. The summed E-state index contributed by atoms with van der Waals surface area (Å²) in [6.07, 6.45) is 11.9. The van der Waals surface area contributed by atoms with Crippen LogP contribution in [0.2, 0.25) is 0 Å². The third-order valence-electron chi connectivity index (χ3n) is 13.9. The van der Waals surface area contributed by atoms with Gasteiger partial charge in [-0.2, -0.15) is 0 Å². The highest BCUT2D eigenvalue weighted by Gasteiger charge is 2.86. The van der Waals surface area contributed by atoms with E-state index in [4.69, 9.17) is 10.4 Å². The van der Waals surface area contributed by atoms with Crippen molar-refractivity contribution in [2.75, 3.05) is 49.5 Å². The number of amides is 2. The standard InChI is InChI=1S/C43H56N8O3/c1-26(2)48-37-18-30(17-34(35(37)23-44)40(53)47-25-36-27(3)16-28(4)49-41(36)54)29-7-8-38(46-24-29)51-14-12-50(13-15-51)11-10-45-39(52)6-5-9-42-21-32-19-31-20-33(22-42)43(31,32)42/h7-8,16-18,23-24,26,31-33,44,48H,5-6,9-15,19-22,25H2,1-4H3,(H,45,52)(H,47,53)(H,49,54). The van der Waals surface area contributed by atoms with Gasteiger partial charge >= 0.3 is 0 Å². The van der Waals surface area contributed by atoms with Gasteiger partial charge in [0.1, 0.15) is 5.82 Å². The molecule has 1 saturated heterocycles. The predicted molar refractivity (Wildman–Crippen MR) is 213 cm³/mol. The van der Waals surface area contributed by atoms with E-state index in [1.807, 2.05) is 58.2 Å². The fourth-order valence-electron chi connectivity index (χ4n) is 11.5. The molecule has 54 heavy (non-hydrogen) atoms. The van der Waals surface area contributed by atoms with Gasteiger partial charge in [0.15, 0.2) is 0 Å². The van der Waals surface area contributed by atoms with Gasteiger partial charge in [0, 0.05) is 98.8 Å². The minimum absolute atomic E-state index is 0.0783. The molecule has 5 N–H and O–H groups in total. The van der Waals surface area contributed by atoms with Crippen molar-refractivity contribution in [3.05, 3.63) is 74.8 Å². The highest BCUT2D eigenvalue weighted by Crippen LogP contribution is 2.93. The normalized spacial score (nSPS) is 26.3. The molecule has 3 heterocycles. The van der Waals surface area contributed by atoms with E-state index in [0.29, 0.717) is 40.8 Å². The zero-order chi connectivity index (χ0) is 37.8. The molecule has 2 unspecified atom stereocenters. The SMILES string of the molecule is Cc1cc(C)c(CNC(=O)c2cc(-c3ccc(N4CCN(CCNC(=O)CCCC56CC7CC8CC(C5)C876)CC4)nc3)cc(NC(C)C)c2C=N)c(=O)[nH]1. The lowest BCUT2D eigenvalue weighted by molar-refractivity contribution is -0.433. The van der Waals surface area contributed by atoms with Crippen LogP contribution < -0.4 is 26.4 Å². The number of rotatable bonds is 15. The molecule has 11 nitrogen and oxygen atoms in total. The van der Waals surface area contributed by atoms with Crippen LogP contribution in [0.1, 0.15) is 91.5 Å². The van der Waals surface area contributed by atoms with E-state index in [1.165, 1.54) is 38.3 Å². The molecule has 5 fully saturated rings. The average molecular weight is 733 g/mol. The number of pyridine rings is 2. The van der Waals surface area contributed by atoms with E-state index < -0.39 is 0 Å². The van der Waals surface area contributed by atoms with Crippen molar-refractivity contribution in [2.24, 2.45) is 28.6 Å². The van der Waals surface area contributed by atoms with E-state index in [0.717, 1.165) is 90.5 Å². The summed E-state index contributed by atoms with van der Waals surface area (Å²) in [4.78, 5) is 51.2. The Morgan fingerprint density at radius 3 is 2.41 bits per heavy atom. The summed E-state index contributed by atoms with van der Waals surface area (Å²) < 4.78 is 0. The number of anilines is 2. The van der Waals surface area contributed by atoms with Gasteiger partial charge in [0.05, 0.1) is 5.56 Å². The van der Waals surface area contributed by atoms with Crippen molar-refractivity contribution in [3.8, 4) is 11.1 Å². The molecule has 1 spiro atoms. The average Bonchev–Trinajstić information content (AvgIpc) is 3.11. The van der Waals surface area contributed by atoms with Crippen LogP contribution in [0.25, 0.3) is 11.1 Å². The van der Waals surface area contributed by atoms with E-state index in [2.05, 4.69) is 30.7 Å². The second kappa shape index (κ2) is 14.3. The monoisotopic (exact) mass is 732 g/mol. The number of nitrogens with one attached hydrogen (secondary N) is 5. The number of carbonyl (C=O) groups excluding carboxylic acids is 2. The fourth-order valence-corrected chi connectivity index (χ4v) is 11.5. The quantitative estimate of drug-likeness (QED) is 0.127. The minimum atomic E-state index is -0.360. The molecule has 5 aliphatic rings. The van der Waals surface area contributed by atoms with Gasteiger partial charge in [-0.25, -0.2) is 4.98 Å². The summed E-state index contributed by atoms with van der Waals surface area (Å²) >= 11 is 0. The van der Waals surface area contributed by atoms with Crippen LogP contribution in [0, 0.1) is 47.8 Å². The first-order chi connectivity index (χ1) is 26.0. The maximum absolute atomic E-state index is 13.6. The van der Waals surface area contributed by atoms with Gasteiger partial charge in [0.25, 0.3) is 11.5 Å². The second-order valence-electron chi connectivity index (χ2n) is 17.2. The highest BCUT2D eigenvalue weighted by molar-refractivity contribution is 6.06. The molecule has 286 valence electrons. The van der Waals surface area contributed by atoms with Crippen molar-refractivity contribution in [1.82, 2.24) is 25.5 Å². The zero-order valence-corrected chi connectivity index (χ0v) is 32.3. The first-order valence-corrected chi connectivity index (χ1v) is 20.1. The van der Waals surface area contributed by atoms with Crippen LogP contribution in [0.4, 0.5) is 11.5 Å². The number of carbonyl (C=O) groups is 2. The Morgan fingerprint density at radius 2 is 1.78 bits per heavy atom. The second-order valence-corrected chi connectivity index (χ2v) is 17.2. The molecule has 2 amide bonds. The van der Waals surface area contributed by atoms with Crippen LogP contribution in [-0.4, -0.2) is 78.2 Å². The number of H-pyrrole nitrogens is 1. The summed E-state index contributed by atoms with van der Waals surface area (Å²) in [7, 11) is 0. The maximum atomic E-state index is 13.6. The molecule has 1 aliphatic heterocycles. The molecule has 11 heteroatoms. The van der Waals surface area contributed by atoms with Gasteiger partial charge in [0.2, 0.25) is 5.91 Å². The number of nitrogens with zero attached hydrogens (tertiary/aromatic N) is 3. The van der Waals surface area contributed by atoms with Gasteiger partial charge in [-0.15, -0.1) is 0 Å². The van der Waals surface area contributed by atoms with Crippen LogP contribution in [-0.2, 0) is 11.3 Å². The van der Waals surface area contributed by atoms with Gasteiger partial charge in [-0.1, -0.05) is 0 Å². The molecule has 4 saturated carbocycles. The van der Waals surface area contributed by atoms with Gasteiger partial charge < -0.3 is 31.2 Å². The maximum Gasteiger partial charge on any atom is 0.253 e. The number of aromatic amines is 1.